The molecule has 0 atom stereocenters. The summed E-state index contributed by atoms with van der Waals surface area (Å²) in [6.45, 7) is 1.88. The van der Waals surface area contributed by atoms with Crippen molar-refractivity contribution in [2.24, 2.45) is 5.73 Å². The molecule has 78 valence electrons. The van der Waals surface area contributed by atoms with Crippen LogP contribution in [-0.4, -0.2) is 5.91 Å². The van der Waals surface area contributed by atoms with E-state index < -0.39 is 5.91 Å². The minimum absolute atomic E-state index is 0.261. The van der Waals surface area contributed by atoms with Gasteiger partial charge in [-0.25, -0.2) is 4.39 Å². The first kappa shape index (κ1) is 9.90. The number of rotatable bonds is 1. The number of carbonyl (C=O) groups is 1. The lowest BCUT2D eigenvalue weighted by atomic mass is 10.0. The first-order valence-corrected chi connectivity index (χ1v) is 4.87. The van der Waals surface area contributed by atoms with Crippen LogP contribution in [0.25, 0.3) is 5.57 Å². The lowest BCUT2D eigenvalue weighted by Gasteiger charge is -2.04. The zero-order valence-corrected chi connectivity index (χ0v) is 8.51. The minimum Gasteiger partial charge on any atom is -0.366 e. The highest BCUT2D eigenvalue weighted by Gasteiger charge is 2.19. The van der Waals surface area contributed by atoms with Gasteiger partial charge in [0.2, 0.25) is 5.91 Å². The van der Waals surface area contributed by atoms with Gasteiger partial charge in [0.15, 0.2) is 0 Å². The van der Waals surface area contributed by atoms with Crippen LogP contribution in [0.5, 0.6) is 0 Å². The van der Waals surface area contributed by atoms with Gasteiger partial charge >= 0.3 is 0 Å². The minimum atomic E-state index is -0.472. The van der Waals surface area contributed by atoms with Gasteiger partial charge < -0.3 is 5.73 Å². The van der Waals surface area contributed by atoms with Gasteiger partial charge in [0.25, 0.3) is 0 Å². The molecular formula is C12H12FNO. The predicted octanol–water partition coefficient (Wildman–Crippen LogP) is 1.95. The largest absolute Gasteiger partial charge is 0.366 e. The molecule has 1 aromatic rings. The zero-order chi connectivity index (χ0) is 11.0. The van der Waals surface area contributed by atoms with Crippen LogP contribution in [0.4, 0.5) is 4.39 Å². The van der Waals surface area contributed by atoms with Crippen molar-refractivity contribution in [1.29, 1.82) is 0 Å². The fraction of sp³-hybridized carbons (Fsp3) is 0.250. The summed E-state index contributed by atoms with van der Waals surface area (Å²) in [6, 6.07) is 3.00. The molecule has 0 spiro atoms. The molecule has 2 N–H and O–H groups in total. The van der Waals surface area contributed by atoms with Crippen LogP contribution in [0, 0.1) is 12.7 Å². The second-order valence-electron chi connectivity index (χ2n) is 3.82. The molecule has 0 unspecified atom stereocenters. The number of allylic oxidation sites excluding steroid dienone is 1. The van der Waals surface area contributed by atoms with Crippen LogP contribution in [-0.2, 0) is 11.2 Å². The molecule has 0 heterocycles. The Morgan fingerprint density at radius 2 is 2.20 bits per heavy atom. The third-order valence-corrected chi connectivity index (χ3v) is 2.74. The molecule has 2 nitrogen and oxygen atoms in total. The molecule has 1 aromatic carbocycles. The summed E-state index contributed by atoms with van der Waals surface area (Å²) in [5, 5.41) is 0. The number of carbonyl (C=O) groups excluding carboxylic acids is 1. The summed E-state index contributed by atoms with van der Waals surface area (Å²) in [6.07, 6.45) is 3.02. The summed E-state index contributed by atoms with van der Waals surface area (Å²) >= 11 is 0. The molecule has 2 rings (SSSR count). The van der Waals surface area contributed by atoms with Crippen LogP contribution in [0.1, 0.15) is 23.1 Å². The maximum Gasteiger partial charge on any atom is 0.241 e. The standard InChI is InChI=1S/C12H12FNO/c1-7-4-9(13)6-11-8(5-12(14)15)2-3-10(7)11/h4-6H,2-3H2,1H3,(H2,14,15)/b8-5+. The van der Waals surface area contributed by atoms with Gasteiger partial charge in [0, 0.05) is 6.08 Å². The van der Waals surface area contributed by atoms with Crippen molar-refractivity contribution in [1.82, 2.24) is 0 Å². The van der Waals surface area contributed by atoms with E-state index in [2.05, 4.69) is 0 Å². The maximum atomic E-state index is 13.2. The average Bonchev–Trinajstić information content (AvgIpc) is 2.48. The second kappa shape index (κ2) is 3.50. The Kier molecular flexibility index (Phi) is 2.31. The predicted molar refractivity (Wildman–Crippen MR) is 56.6 cm³/mol. The van der Waals surface area contributed by atoms with Gasteiger partial charge in [-0.15, -0.1) is 0 Å². The summed E-state index contributed by atoms with van der Waals surface area (Å²) in [7, 11) is 0. The second-order valence-corrected chi connectivity index (χ2v) is 3.82. The monoisotopic (exact) mass is 205 g/mol. The molecule has 0 saturated carbocycles. The van der Waals surface area contributed by atoms with E-state index in [9.17, 15) is 9.18 Å². The van der Waals surface area contributed by atoms with E-state index in [0.29, 0.717) is 0 Å². The normalized spacial score (nSPS) is 16.8. The lowest BCUT2D eigenvalue weighted by Crippen LogP contribution is -2.06. The van der Waals surface area contributed by atoms with E-state index in [1.807, 2.05) is 6.92 Å². The molecule has 0 bridgehead atoms. The molecule has 3 heteroatoms. The van der Waals surface area contributed by atoms with Crippen LogP contribution >= 0.6 is 0 Å². The van der Waals surface area contributed by atoms with Crippen molar-refractivity contribution in [2.75, 3.05) is 0 Å². The lowest BCUT2D eigenvalue weighted by molar-refractivity contribution is -0.113. The van der Waals surface area contributed by atoms with Gasteiger partial charge in [-0.05, 0) is 54.2 Å². The molecule has 1 aliphatic carbocycles. The number of benzene rings is 1. The number of amides is 1. The molecule has 0 aromatic heterocycles. The van der Waals surface area contributed by atoms with Crippen molar-refractivity contribution < 1.29 is 9.18 Å². The number of primary amides is 1. The fourth-order valence-electron chi connectivity index (χ4n) is 2.11. The molecule has 0 saturated heterocycles. The van der Waals surface area contributed by atoms with Crippen molar-refractivity contribution in [2.45, 2.75) is 19.8 Å². The van der Waals surface area contributed by atoms with E-state index in [1.54, 1.807) is 0 Å². The molecule has 0 radical (unpaired) electrons. The third kappa shape index (κ3) is 1.77. The van der Waals surface area contributed by atoms with Gasteiger partial charge in [0.1, 0.15) is 5.82 Å². The van der Waals surface area contributed by atoms with Crippen molar-refractivity contribution in [3.05, 3.63) is 40.7 Å². The smallest absolute Gasteiger partial charge is 0.241 e. The average molecular weight is 205 g/mol. The Morgan fingerprint density at radius 1 is 1.47 bits per heavy atom. The highest BCUT2D eigenvalue weighted by atomic mass is 19.1. The Morgan fingerprint density at radius 3 is 2.87 bits per heavy atom. The summed E-state index contributed by atoms with van der Waals surface area (Å²) in [5.74, 6) is -0.733. The number of hydrogen-bond donors (Lipinski definition) is 1. The quantitative estimate of drug-likeness (QED) is 0.699. The Hall–Kier alpha value is -1.64. The van der Waals surface area contributed by atoms with Gasteiger partial charge in [-0.2, -0.15) is 0 Å². The van der Waals surface area contributed by atoms with Crippen LogP contribution in [0.2, 0.25) is 0 Å². The highest BCUT2D eigenvalue weighted by molar-refractivity contribution is 5.95. The first-order chi connectivity index (χ1) is 7.08. The molecular weight excluding hydrogens is 193 g/mol. The summed E-state index contributed by atoms with van der Waals surface area (Å²) in [5.41, 5.74) is 8.85. The highest BCUT2D eigenvalue weighted by Crippen LogP contribution is 2.34. The third-order valence-electron chi connectivity index (χ3n) is 2.74. The Balaban J connectivity index is 2.55. The van der Waals surface area contributed by atoms with Gasteiger partial charge in [-0.3, -0.25) is 4.79 Å². The van der Waals surface area contributed by atoms with Crippen molar-refractivity contribution in [3.63, 3.8) is 0 Å². The van der Waals surface area contributed by atoms with Gasteiger partial charge in [-0.1, -0.05) is 0 Å². The van der Waals surface area contributed by atoms with Crippen LogP contribution < -0.4 is 5.73 Å². The summed E-state index contributed by atoms with van der Waals surface area (Å²) in [4.78, 5) is 10.8. The number of aryl methyl sites for hydroxylation is 1. The summed E-state index contributed by atoms with van der Waals surface area (Å²) < 4.78 is 13.2. The molecule has 1 aliphatic rings. The van der Waals surface area contributed by atoms with E-state index in [0.717, 1.165) is 35.1 Å². The zero-order valence-electron chi connectivity index (χ0n) is 8.51. The van der Waals surface area contributed by atoms with Crippen LogP contribution in [0.15, 0.2) is 18.2 Å². The van der Waals surface area contributed by atoms with Crippen molar-refractivity contribution in [3.8, 4) is 0 Å². The number of fused-ring (bicyclic) bond motifs is 1. The fourth-order valence-corrected chi connectivity index (χ4v) is 2.11. The van der Waals surface area contributed by atoms with Gasteiger partial charge in [0.05, 0.1) is 0 Å². The SMILES string of the molecule is Cc1cc(F)cc2c1CC/C2=C\C(N)=O. The molecule has 15 heavy (non-hydrogen) atoms. The first-order valence-electron chi connectivity index (χ1n) is 4.87. The maximum absolute atomic E-state index is 13.2. The number of nitrogens with two attached hydrogens (primary N) is 1. The molecule has 0 aliphatic heterocycles. The van der Waals surface area contributed by atoms with E-state index in [1.165, 1.54) is 18.2 Å². The van der Waals surface area contributed by atoms with E-state index in [-0.39, 0.29) is 5.82 Å². The topological polar surface area (TPSA) is 43.1 Å². The van der Waals surface area contributed by atoms with Crippen molar-refractivity contribution >= 4 is 11.5 Å². The Bertz CT molecular complexity index is 463. The number of hydrogen-bond acceptors (Lipinski definition) is 1. The van der Waals surface area contributed by atoms with E-state index >= 15 is 0 Å². The number of halogens is 1. The molecule has 0 fully saturated rings. The Labute approximate surface area is 87.6 Å². The molecule has 1 amide bonds. The van der Waals surface area contributed by atoms with E-state index in [4.69, 9.17) is 5.73 Å². The van der Waals surface area contributed by atoms with Crippen LogP contribution in [0.3, 0.4) is 0 Å².